The van der Waals surface area contributed by atoms with Crippen LogP contribution in [0, 0.1) is 6.92 Å². The second-order valence-corrected chi connectivity index (χ2v) is 3.70. The molecule has 0 aliphatic heterocycles. The minimum absolute atomic E-state index is 0.234. The first-order chi connectivity index (χ1) is 8.70. The number of amides is 1. The van der Waals surface area contributed by atoms with E-state index in [9.17, 15) is 4.79 Å². The minimum atomic E-state index is -0.305. The van der Waals surface area contributed by atoms with Crippen LogP contribution in [-0.4, -0.2) is 15.9 Å². The van der Waals surface area contributed by atoms with Gasteiger partial charge in [-0.2, -0.15) is 0 Å². The van der Waals surface area contributed by atoms with Gasteiger partial charge in [-0.15, -0.1) is 0 Å². The van der Waals surface area contributed by atoms with Gasteiger partial charge in [0.15, 0.2) is 5.82 Å². The predicted octanol–water partition coefficient (Wildman–Crippen LogP) is 1.32. The number of hydrazine groups is 1. The molecule has 6 nitrogen and oxygen atoms in total. The summed E-state index contributed by atoms with van der Waals surface area (Å²) in [4.78, 5) is 19.8. The van der Waals surface area contributed by atoms with Crippen LogP contribution in [0.5, 0.6) is 0 Å². The van der Waals surface area contributed by atoms with Gasteiger partial charge in [0.2, 0.25) is 0 Å². The fraction of sp³-hybridized carbons (Fsp3) is 0.0833. The topological polar surface area (TPSA) is 92.9 Å². The van der Waals surface area contributed by atoms with Gasteiger partial charge >= 0.3 is 0 Å². The Balaban J connectivity index is 2.14. The summed E-state index contributed by atoms with van der Waals surface area (Å²) in [5.41, 5.74) is 4.32. The van der Waals surface area contributed by atoms with Crippen LogP contribution in [-0.2, 0) is 0 Å². The summed E-state index contributed by atoms with van der Waals surface area (Å²) in [5, 5.41) is 2.77. The molecule has 6 heteroatoms. The number of nitrogen functional groups attached to an aromatic ring is 1. The molecule has 0 aliphatic carbocycles. The molecule has 0 atom stereocenters. The summed E-state index contributed by atoms with van der Waals surface area (Å²) in [6, 6.07) is 7.52. The lowest BCUT2D eigenvalue weighted by Crippen LogP contribution is -2.16. The number of nitrogens with two attached hydrogens (primary N) is 1. The Labute approximate surface area is 104 Å². The highest BCUT2D eigenvalue weighted by atomic mass is 16.1. The zero-order chi connectivity index (χ0) is 13.0. The van der Waals surface area contributed by atoms with Crippen molar-refractivity contribution in [2.45, 2.75) is 6.92 Å². The SMILES string of the molecule is Cc1ccccc1NC(=O)c1cnc(NN)cn1. The number of carbonyl (C=O) groups is 1. The molecule has 1 heterocycles. The van der Waals surface area contributed by atoms with Crippen LogP contribution in [0.1, 0.15) is 16.1 Å². The van der Waals surface area contributed by atoms with Crippen LogP contribution >= 0.6 is 0 Å². The molecule has 1 amide bonds. The number of hydrogen-bond donors (Lipinski definition) is 3. The maximum absolute atomic E-state index is 11.9. The number of benzene rings is 1. The summed E-state index contributed by atoms with van der Waals surface area (Å²) in [7, 11) is 0. The Morgan fingerprint density at radius 3 is 2.61 bits per heavy atom. The van der Waals surface area contributed by atoms with Gasteiger partial charge in [0.25, 0.3) is 5.91 Å². The fourth-order valence-corrected chi connectivity index (χ4v) is 1.42. The van der Waals surface area contributed by atoms with Crippen LogP contribution in [0.2, 0.25) is 0 Å². The first-order valence-corrected chi connectivity index (χ1v) is 5.36. The highest BCUT2D eigenvalue weighted by Crippen LogP contribution is 2.14. The summed E-state index contributed by atoms with van der Waals surface area (Å²) >= 11 is 0. The largest absolute Gasteiger partial charge is 0.320 e. The molecule has 1 aromatic carbocycles. The molecule has 0 saturated heterocycles. The molecule has 92 valence electrons. The monoisotopic (exact) mass is 243 g/mol. The van der Waals surface area contributed by atoms with Crippen molar-refractivity contribution in [3.8, 4) is 0 Å². The van der Waals surface area contributed by atoms with Gasteiger partial charge in [-0.05, 0) is 18.6 Å². The zero-order valence-electron chi connectivity index (χ0n) is 9.84. The van der Waals surface area contributed by atoms with E-state index >= 15 is 0 Å². The number of hydrogen-bond acceptors (Lipinski definition) is 5. The third kappa shape index (κ3) is 2.61. The molecule has 0 saturated carbocycles. The first kappa shape index (κ1) is 12.0. The lowest BCUT2D eigenvalue weighted by atomic mass is 10.2. The Hall–Kier alpha value is -2.47. The molecule has 0 unspecified atom stereocenters. The van der Waals surface area contributed by atoms with E-state index in [-0.39, 0.29) is 11.6 Å². The van der Waals surface area contributed by atoms with Gasteiger partial charge in [0, 0.05) is 5.69 Å². The highest BCUT2D eigenvalue weighted by Gasteiger charge is 2.09. The van der Waals surface area contributed by atoms with E-state index in [2.05, 4.69) is 20.7 Å². The first-order valence-electron chi connectivity index (χ1n) is 5.36. The predicted molar refractivity (Wildman–Crippen MR) is 69.0 cm³/mol. The second kappa shape index (κ2) is 5.24. The van der Waals surface area contributed by atoms with Crippen molar-refractivity contribution in [2.75, 3.05) is 10.7 Å². The Kier molecular flexibility index (Phi) is 3.49. The van der Waals surface area contributed by atoms with Crippen LogP contribution in [0.3, 0.4) is 0 Å². The van der Waals surface area contributed by atoms with E-state index in [0.29, 0.717) is 5.82 Å². The number of aryl methyl sites for hydroxylation is 1. The molecule has 0 radical (unpaired) electrons. The van der Waals surface area contributed by atoms with Crippen molar-refractivity contribution in [3.05, 3.63) is 47.9 Å². The maximum atomic E-state index is 11.9. The number of para-hydroxylation sites is 1. The summed E-state index contributed by atoms with van der Waals surface area (Å²) < 4.78 is 0. The maximum Gasteiger partial charge on any atom is 0.275 e. The van der Waals surface area contributed by atoms with Gasteiger partial charge < -0.3 is 10.7 Å². The zero-order valence-corrected chi connectivity index (χ0v) is 9.84. The number of aromatic nitrogens is 2. The average Bonchev–Trinajstić information content (AvgIpc) is 2.41. The normalized spacial score (nSPS) is 9.89. The third-order valence-electron chi connectivity index (χ3n) is 2.43. The van der Waals surface area contributed by atoms with Gasteiger partial charge in [-0.3, -0.25) is 4.79 Å². The standard InChI is InChI=1S/C12H13N5O/c1-8-4-2-3-5-9(8)16-12(18)10-6-15-11(17-13)7-14-10/h2-7H,13H2,1H3,(H,15,17)(H,16,18). The number of rotatable bonds is 3. The number of nitrogens with zero attached hydrogens (tertiary/aromatic N) is 2. The quantitative estimate of drug-likeness (QED) is 0.558. The molecule has 2 aromatic rings. The smallest absolute Gasteiger partial charge is 0.275 e. The lowest BCUT2D eigenvalue weighted by Gasteiger charge is -2.07. The van der Waals surface area contributed by atoms with E-state index in [4.69, 9.17) is 5.84 Å². The summed E-state index contributed by atoms with van der Waals surface area (Å²) in [5.74, 6) is 5.27. The van der Waals surface area contributed by atoms with Gasteiger partial charge in [0.1, 0.15) is 5.69 Å². The van der Waals surface area contributed by atoms with Crippen molar-refractivity contribution in [1.29, 1.82) is 0 Å². The van der Waals surface area contributed by atoms with E-state index in [0.717, 1.165) is 11.3 Å². The van der Waals surface area contributed by atoms with Crippen molar-refractivity contribution >= 4 is 17.4 Å². The molecular weight excluding hydrogens is 230 g/mol. The molecule has 2 rings (SSSR count). The number of nitrogens with one attached hydrogen (secondary N) is 2. The van der Waals surface area contributed by atoms with E-state index in [1.54, 1.807) is 0 Å². The number of carbonyl (C=O) groups excluding carboxylic acids is 1. The van der Waals surface area contributed by atoms with Crippen LogP contribution in [0.4, 0.5) is 11.5 Å². The summed E-state index contributed by atoms with van der Waals surface area (Å²) in [6.07, 6.45) is 2.76. The summed E-state index contributed by atoms with van der Waals surface area (Å²) in [6.45, 7) is 1.92. The van der Waals surface area contributed by atoms with Crippen molar-refractivity contribution < 1.29 is 4.79 Å². The fourth-order valence-electron chi connectivity index (χ4n) is 1.42. The molecule has 0 spiro atoms. The molecule has 0 bridgehead atoms. The highest BCUT2D eigenvalue weighted by molar-refractivity contribution is 6.03. The van der Waals surface area contributed by atoms with Crippen LogP contribution < -0.4 is 16.6 Å². The third-order valence-corrected chi connectivity index (χ3v) is 2.43. The van der Waals surface area contributed by atoms with Crippen LogP contribution in [0.25, 0.3) is 0 Å². The van der Waals surface area contributed by atoms with Gasteiger partial charge in [0.05, 0.1) is 12.4 Å². The second-order valence-electron chi connectivity index (χ2n) is 3.70. The molecule has 4 N–H and O–H groups in total. The Morgan fingerprint density at radius 2 is 2.00 bits per heavy atom. The van der Waals surface area contributed by atoms with Crippen molar-refractivity contribution in [3.63, 3.8) is 0 Å². The van der Waals surface area contributed by atoms with Gasteiger partial charge in [-0.25, -0.2) is 15.8 Å². The van der Waals surface area contributed by atoms with E-state index in [1.807, 2.05) is 31.2 Å². The van der Waals surface area contributed by atoms with Gasteiger partial charge in [-0.1, -0.05) is 18.2 Å². The van der Waals surface area contributed by atoms with Crippen molar-refractivity contribution in [1.82, 2.24) is 9.97 Å². The minimum Gasteiger partial charge on any atom is -0.320 e. The molecule has 0 aliphatic rings. The lowest BCUT2D eigenvalue weighted by molar-refractivity contribution is 0.102. The van der Waals surface area contributed by atoms with E-state index < -0.39 is 0 Å². The molecule has 1 aromatic heterocycles. The van der Waals surface area contributed by atoms with Crippen molar-refractivity contribution in [2.24, 2.45) is 5.84 Å². The molecule has 18 heavy (non-hydrogen) atoms. The molecular formula is C12H13N5O. The average molecular weight is 243 g/mol. The molecule has 0 fully saturated rings. The van der Waals surface area contributed by atoms with Crippen LogP contribution in [0.15, 0.2) is 36.7 Å². The number of anilines is 2. The Bertz CT molecular complexity index is 553. The Morgan fingerprint density at radius 1 is 1.22 bits per heavy atom. The van der Waals surface area contributed by atoms with E-state index in [1.165, 1.54) is 12.4 Å².